The maximum absolute atomic E-state index is 13.4. The van der Waals surface area contributed by atoms with Crippen molar-refractivity contribution in [2.24, 2.45) is 5.92 Å². The number of carbonyl (C=O) groups excluding carboxylic acids is 2. The Hall–Kier alpha value is -2.34. The number of piperazine rings is 1. The number of rotatable bonds is 4. The highest BCUT2D eigenvalue weighted by Crippen LogP contribution is 2.30. The van der Waals surface area contributed by atoms with Gasteiger partial charge in [0.1, 0.15) is 11.6 Å². The fourth-order valence-electron chi connectivity index (χ4n) is 3.27. The Kier molecular flexibility index (Phi) is 4.21. The summed E-state index contributed by atoms with van der Waals surface area (Å²) in [6.07, 6.45) is 3.62. The summed E-state index contributed by atoms with van der Waals surface area (Å²) in [6.45, 7) is 3.11. The number of fused-ring (bicyclic) bond motifs is 1. The zero-order valence-corrected chi connectivity index (χ0v) is 13.9. The molecule has 1 saturated carbocycles. The molecule has 0 atom stereocenters. The van der Waals surface area contributed by atoms with Gasteiger partial charge in [0.25, 0.3) is 5.91 Å². The summed E-state index contributed by atoms with van der Waals surface area (Å²) in [4.78, 5) is 32.7. The van der Waals surface area contributed by atoms with Crippen LogP contribution in [-0.4, -0.2) is 59.2 Å². The smallest absolute Gasteiger partial charge is 0.255 e. The third-order valence-corrected chi connectivity index (χ3v) is 4.96. The molecule has 0 N–H and O–H groups in total. The minimum atomic E-state index is -0.340. The van der Waals surface area contributed by atoms with Crippen LogP contribution in [0.3, 0.4) is 0 Å². The van der Waals surface area contributed by atoms with E-state index >= 15 is 0 Å². The molecule has 5 nitrogen and oxygen atoms in total. The number of benzene rings is 1. The minimum Gasteiger partial charge on any atom is -0.336 e. The molecule has 1 aliphatic carbocycles. The molecular weight excluding hydrogens is 321 g/mol. The van der Waals surface area contributed by atoms with E-state index in [0.717, 1.165) is 12.8 Å². The lowest BCUT2D eigenvalue weighted by Gasteiger charge is -2.34. The highest BCUT2D eigenvalue weighted by atomic mass is 19.1. The zero-order valence-electron chi connectivity index (χ0n) is 13.9. The van der Waals surface area contributed by atoms with Crippen LogP contribution in [0.4, 0.5) is 4.39 Å². The molecule has 1 aromatic carbocycles. The van der Waals surface area contributed by atoms with Crippen LogP contribution < -0.4 is 0 Å². The van der Waals surface area contributed by atoms with Gasteiger partial charge in [0.2, 0.25) is 0 Å². The standard InChI is InChI=1S/C19H20FN3O2/c20-16-3-4-17-14(10-16)9-15(11-21-17)19(25)23-7-5-22(6-8-23)12-18(24)13-1-2-13/h3-4,9-11,13H,1-2,5-8,12H2. The normalized spacial score (nSPS) is 18.5. The number of Topliss-reactive ketones (excluding diaryl/α,β-unsaturated/α-hetero) is 1. The summed E-state index contributed by atoms with van der Waals surface area (Å²) >= 11 is 0. The van der Waals surface area contributed by atoms with Crippen molar-refractivity contribution in [2.45, 2.75) is 12.8 Å². The van der Waals surface area contributed by atoms with Crippen LogP contribution in [0.1, 0.15) is 23.2 Å². The van der Waals surface area contributed by atoms with Gasteiger partial charge in [-0.1, -0.05) is 0 Å². The molecule has 2 heterocycles. The molecule has 0 spiro atoms. The second kappa shape index (κ2) is 6.52. The second-order valence-corrected chi connectivity index (χ2v) is 6.87. The van der Waals surface area contributed by atoms with E-state index in [1.807, 2.05) is 0 Å². The van der Waals surface area contributed by atoms with E-state index < -0.39 is 0 Å². The number of ketones is 1. The van der Waals surface area contributed by atoms with Crippen LogP contribution in [0, 0.1) is 11.7 Å². The van der Waals surface area contributed by atoms with Crippen LogP contribution >= 0.6 is 0 Å². The third kappa shape index (κ3) is 3.54. The maximum atomic E-state index is 13.4. The lowest BCUT2D eigenvalue weighted by molar-refractivity contribution is -0.121. The molecule has 130 valence electrons. The van der Waals surface area contributed by atoms with Gasteiger partial charge in [0.05, 0.1) is 17.6 Å². The Morgan fingerprint density at radius 3 is 2.60 bits per heavy atom. The highest BCUT2D eigenvalue weighted by Gasteiger charge is 2.31. The van der Waals surface area contributed by atoms with Crippen molar-refractivity contribution in [3.8, 4) is 0 Å². The van der Waals surface area contributed by atoms with Gasteiger partial charge in [-0.3, -0.25) is 19.5 Å². The van der Waals surface area contributed by atoms with E-state index in [2.05, 4.69) is 9.88 Å². The number of nitrogens with zero attached hydrogens (tertiary/aromatic N) is 3. The topological polar surface area (TPSA) is 53.5 Å². The molecule has 0 bridgehead atoms. The molecule has 1 aromatic heterocycles. The molecule has 0 unspecified atom stereocenters. The van der Waals surface area contributed by atoms with Gasteiger partial charge in [0.15, 0.2) is 0 Å². The largest absolute Gasteiger partial charge is 0.336 e. The number of aromatic nitrogens is 1. The summed E-state index contributed by atoms with van der Waals surface area (Å²) < 4.78 is 13.4. The molecule has 1 saturated heterocycles. The lowest BCUT2D eigenvalue weighted by atomic mass is 10.1. The summed E-state index contributed by atoms with van der Waals surface area (Å²) in [7, 11) is 0. The lowest BCUT2D eigenvalue weighted by Crippen LogP contribution is -2.50. The molecule has 1 amide bonds. The van der Waals surface area contributed by atoms with E-state index in [1.165, 1.54) is 12.1 Å². The average Bonchev–Trinajstić information content (AvgIpc) is 3.46. The highest BCUT2D eigenvalue weighted by molar-refractivity contribution is 5.97. The first-order chi connectivity index (χ1) is 12.1. The fourth-order valence-corrected chi connectivity index (χ4v) is 3.27. The molecule has 2 aliphatic rings. The van der Waals surface area contributed by atoms with Gasteiger partial charge in [-0.2, -0.15) is 0 Å². The third-order valence-electron chi connectivity index (χ3n) is 4.96. The Morgan fingerprint density at radius 2 is 1.88 bits per heavy atom. The van der Waals surface area contributed by atoms with Gasteiger partial charge in [-0.15, -0.1) is 0 Å². The minimum absolute atomic E-state index is 0.0909. The maximum Gasteiger partial charge on any atom is 0.255 e. The fraction of sp³-hybridized carbons (Fsp3) is 0.421. The molecule has 2 aromatic rings. The van der Waals surface area contributed by atoms with E-state index in [0.29, 0.717) is 55.0 Å². The first kappa shape index (κ1) is 16.1. The number of halogens is 1. The van der Waals surface area contributed by atoms with Gasteiger partial charge in [-0.25, -0.2) is 4.39 Å². The van der Waals surface area contributed by atoms with Crippen molar-refractivity contribution in [1.82, 2.24) is 14.8 Å². The molecule has 25 heavy (non-hydrogen) atoms. The first-order valence-corrected chi connectivity index (χ1v) is 8.70. The monoisotopic (exact) mass is 341 g/mol. The molecule has 2 fully saturated rings. The van der Waals surface area contributed by atoms with Crippen molar-refractivity contribution in [1.29, 1.82) is 0 Å². The Labute approximate surface area is 145 Å². The first-order valence-electron chi connectivity index (χ1n) is 8.70. The molecule has 4 rings (SSSR count). The Balaban J connectivity index is 1.40. The number of hydrogen-bond donors (Lipinski definition) is 0. The summed E-state index contributed by atoms with van der Waals surface area (Å²) in [5.74, 6) is 0.184. The van der Waals surface area contributed by atoms with E-state index in [1.54, 1.807) is 23.2 Å². The number of hydrogen-bond acceptors (Lipinski definition) is 4. The number of amides is 1. The average molecular weight is 341 g/mol. The second-order valence-electron chi connectivity index (χ2n) is 6.87. The summed E-state index contributed by atoms with van der Waals surface area (Å²) in [6, 6.07) is 6.05. The SMILES string of the molecule is O=C(CN1CCN(C(=O)c2cnc3ccc(F)cc3c2)CC1)C1CC1. The summed E-state index contributed by atoms with van der Waals surface area (Å²) in [5.41, 5.74) is 1.14. The number of carbonyl (C=O) groups is 2. The summed E-state index contributed by atoms with van der Waals surface area (Å²) in [5, 5.41) is 0.625. The van der Waals surface area contributed by atoms with Crippen LogP contribution in [0.2, 0.25) is 0 Å². The van der Waals surface area contributed by atoms with Crippen LogP contribution in [0.15, 0.2) is 30.5 Å². The zero-order chi connectivity index (χ0) is 17.4. The molecule has 6 heteroatoms. The molecular formula is C19H20FN3O2. The van der Waals surface area contributed by atoms with Gasteiger partial charge >= 0.3 is 0 Å². The van der Waals surface area contributed by atoms with Gasteiger partial charge in [-0.05, 0) is 37.1 Å². The van der Waals surface area contributed by atoms with E-state index in [9.17, 15) is 14.0 Å². The van der Waals surface area contributed by atoms with Gasteiger partial charge in [0, 0.05) is 43.7 Å². The van der Waals surface area contributed by atoms with Crippen molar-refractivity contribution in [3.05, 3.63) is 41.8 Å². The Morgan fingerprint density at radius 1 is 1.12 bits per heavy atom. The van der Waals surface area contributed by atoms with Crippen LogP contribution in [-0.2, 0) is 4.79 Å². The van der Waals surface area contributed by atoms with Crippen LogP contribution in [0.25, 0.3) is 10.9 Å². The quantitative estimate of drug-likeness (QED) is 0.855. The van der Waals surface area contributed by atoms with Crippen molar-refractivity contribution >= 4 is 22.6 Å². The Bertz CT molecular complexity index is 827. The predicted molar refractivity (Wildman–Crippen MR) is 91.8 cm³/mol. The van der Waals surface area contributed by atoms with Crippen molar-refractivity contribution in [2.75, 3.05) is 32.7 Å². The van der Waals surface area contributed by atoms with E-state index in [4.69, 9.17) is 0 Å². The van der Waals surface area contributed by atoms with Crippen molar-refractivity contribution in [3.63, 3.8) is 0 Å². The van der Waals surface area contributed by atoms with Crippen molar-refractivity contribution < 1.29 is 14.0 Å². The molecule has 0 radical (unpaired) electrons. The molecule has 1 aliphatic heterocycles. The van der Waals surface area contributed by atoms with Crippen LogP contribution in [0.5, 0.6) is 0 Å². The van der Waals surface area contributed by atoms with E-state index in [-0.39, 0.29) is 17.6 Å². The number of pyridine rings is 1. The predicted octanol–water partition coefficient (Wildman–Crippen LogP) is 2.11. The van der Waals surface area contributed by atoms with Gasteiger partial charge < -0.3 is 4.90 Å².